The number of nitrogens with two attached hydrogens (primary N) is 2. The Labute approximate surface area is 244 Å². The summed E-state index contributed by atoms with van der Waals surface area (Å²) in [5, 5.41) is 4.82. The Kier molecular flexibility index (Phi) is 10.1. The monoisotopic (exact) mass is 557 g/mol. The van der Waals surface area contributed by atoms with Gasteiger partial charge in [0.15, 0.2) is 0 Å². The van der Waals surface area contributed by atoms with Crippen molar-refractivity contribution < 1.29 is 4.79 Å². The fourth-order valence-corrected chi connectivity index (χ4v) is 5.03. The van der Waals surface area contributed by atoms with Gasteiger partial charge in [-0.25, -0.2) is 5.84 Å². The van der Waals surface area contributed by atoms with Gasteiger partial charge in [-0.2, -0.15) is 0 Å². The lowest BCUT2D eigenvalue weighted by atomic mass is 9.87. The van der Waals surface area contributed by atoms with Crippen LogP contribution in [0.5, 0.6) is 0 Å². The van der Waals surface area contributed by atoms with Gasteiger partial charge in [-0.05, 0) is 85.0 Å². The van der Waals surface area contributed by atoms with Crippen LogP contribution in [-0.4, -0.2) is 19.2 Å². The Morgan fingerprint density at radius 1 is 1.05 bits per heavy atom. The summed E-state index contributed by atoms with van der Waals surface area (Å²) < 4.78 is 0. The van der Waals surface area contributed by atoms with E-state index < -0.39 is 0 Å². The third-order valence-corrected chi connectivity index (χ3v) is 7.82. The van der Waals surface area contributed by atoms with Crippen molar-refractivity contribution in [2.45, 2.75) is 58.3 Å². The molecule has 0 heterocycles. The summed E-state index contributed by atoms with van der Waals surface area (Å²) in [6.45, 7) is 12.6. The van der Waals surface area contributed by atoms with Crippen LogP contribution in [0.25, 0.3) is 0 Å². The smallest absolute Gasteiger partial charge is 0.255 e. The summed E-state index contributed by atoms with van der Waals surface area (Å²) in [5.74, 6) is 6.30. The van der Waals surface area contributed by atoms with Gasteiger partial charge in [0.05, 0.1) is 17.1 Å². The van der Waals surface area contributed by atoms with Crippen LogP contribution in [0.1, 0.15) is 62.5 Å². The number of carbonyl (C=O) groups excluding carboxylic acids is 1. The van der Waals surface area contributed by atoms with Crippen LogP contribution >= 0.6 is 11.8 Å². The molecule has 0 spiro atoms. The zero-order chi connectivity index (χ0) is 29.6. The summed E-state index contributed by atoms with van der Waals surface area (Å²) in [7, 11) is 1.94. The molecule has 0 atom stereocenters. The van der Waals surface area contributed by atoms with E-state index in [9.17, 15) is 4.79 Å². The molecule has 1 amide bonds. The third-order valence-electron chi connectivity index (χ3n) is 7.02. The predicted octanol–water partition coefficient (Wildman–Crippen LogP) is 7.57. The maximum absolute atomic E-state index is 13.4. The Bertz CT molecular complexity index is 1410. The van der Waals surface area contributed by atoms with E-state index in [2.05, 4.69) is 51.2 Å². The first kappa shape index (κ1) is 30.9. The molecule has 0 fully saturated rings. The molecule has 7 heteroatoms. The SMILES string of the molecule is CC/C(=C(C)\C(N)=C\N(C)c1cc(C(=O)Nc2cc(C(C)(C)C)ccc2SC)ccc1C)N(N)c1ccccc1. The number of nitrogens with one attached hydrogen (secondary N) is 1. The number of allylic oxidation sites excluding steroid dienone is 2. The molecule has 6 nitrogen and oxygen atoms in total. The second kappa shape index (κ2) is 13.1. The van der Waals surface area contributed by atoms with Crippen LogP contribution in [0, 0.1) is 6.92 Å². The number of thioether (sulfide) groups is 1. The van der Waals surface area contributed by atoms with Crippen LogP contribution < -0.4 is 26.8 Å². The molecule has 0 aromatic heterocycles. The molecule has 5 N–H and O–H groups in total. The van der Waals surface area contributed by atoms with Crippen molar-refractivity contribution >= 4 is 34.7 Å². The summed E-state index contributed by atoms with van der Waals surface area (Å²) in [4.78, 5) is 16.4. The molecule has 3 aromatic rings. The number of anilines is 3. The molecule has 3 aromatic carbocycles. The fourth-order valence-electron chi connectivity index (χ4n) is 4.50. The molecule has 3 rings (SSSR count). The number of hydrazine groups is 1. The molecule has 0 aliphatic rings. The van der Waals surface area contributed by atoms with Gasteiger partial charge < -0.3 is 16.0 Å². The maximum atomic E-state index is 13.4. The minimum Gasteiger partial charge on any atom is -0.397 e. The molecule has 0 bridgehead atoms. The first-order chi connectivity index (χ1) is 18.9. The zero-order valence-electron chi connectivity index (χ0n) is 25.0. The first-order valence-corrected chi connectivity index (χ1v) is 14.7. The number of hydrogen-bond acceptors (Lipinski definition) is 6. The van der Waals surface area contributed by atoms with E-state index in [4.69, 9.17) is 11.6 Å². The molecule has 0 radical (unpaired) electrons. The Morgan fingerprint density at radius 3 is 2.33 bits per heavy atom. The molecular weight excluding hydrogens is 514 g/mol. The van der Waals surface area contributed by atoms with Crippen molar-refractivity contribution in [3.63, 3.8) is 0 Å². The predicted molar refractivity (Wildman–Crippen MR) is 173 cm³/mol. The number of rotatable bonds is 9. The highest BCUT2D eigenvalue weighted by molar-refractivity contribution is 7.98. The zero-order valence-corrected chi connectivity index (χ0v) is 25.8. The molecule has 0 aliphatic heterocycles. The Hall–Kier alpha value is -3.68. The van der Waals surface area contributed by atoms with Crippen molar-refractivity contribution in [3.05, 3.63) is 107 Å². The van der Waals surface area contributed by atoms with E-state index in [0.717, 1.165) is 45.2 Å². The number of nitrogens with zero attached hydrogens (tertiary/aromatic N) is 2. The Balaban J connectivity index is 1.89. The van der Waals surface area contributed by atoms with E-state index in [1.165, 1.54) is 5.56 Å². The topological polar surface area (TPSA) is 87.6 Å². The van der Waals surface area contributed by atoms with Gasteiger partial charge in [-0.1, -0.05) is 58.0 Å². The lowest BCUT2D eigenvalue weighted by Gasteiger charge is -2.25. The van der Waals surface area contributed by atoms with Gasteiger partial charge in [0.1, 0.15) is 0 Å². The van der Waals surface area contributed by atoms with E-state index in [1.807, 2.05) is 86.8 Å². The molecule has 0 saturated heterocycles. The van der Waals surface area contributed by atoms with Gasteiger partial charge in [-0.3, -0.25) is 9.80 Å². The summed E-state index contributed by atoms with van der Waals surface area (Å²) in [5.41, 5.74) is 14.4. The summed E-state index contributed by atoms with van der Waals surface area (Å²) in [6, 6.07) is 21.8. The molecular formula is C33H43N5OS. The quantitative estimate of drug-likeness (QED) is 0.109. The van der Waals surface area contributed by atoms with Crippen molar-refractivity contribution in [1.29, 1.82) is 0 Å². The van der Waals surface area contributed by atoms with Crippen LogP contribution in [-0.2, 0) is 5.41 Å². The Morgan fingerprint density at radius 2 is 1.73 bits per heavy atom. The molecule has 0 saturated carbocycles. The average molecular weight is 558 g/mol. The van der Waals surface area contributed by atoms with Crippen LogP contribution in [0.3, 0.4) is 0 Å². The van der Waals surface area contributed by atoms with E-state index in [0.29, 0.717) is 11.3 Å². The molecule has 0 unspecified atom stereocenters. The van der Waals surface area contributed by atoms with Crippen LogP contribution in [0.2, 0.25) is 0 Å². The lowest BCUT2D eigenvalue weighted by Crippen LogP contribution is -2.31. The van der Waals surface area contributed by atoms with Crippen molar-refractivity contribution in [1.82, 2.24) is 0 Å². The second-order valence-corrected chi connectivity index (χ2v) is 11.8. The largest absolute Gasteiger partial charge is 0.397 e. The number of benzene rings is 3. The summed E-state index contributed by atoms with van der Waals surface area (Å²) in [6.07, 6.45) is 4.62. The minimum atomic E-state index is -0.154. The first-order valence-electron chi connectivity index (χ1n) is 13.5. The number of carbonyl (C=O) groups is 1. The van der Waals surface area contributed by atoms with Crippen LogP contribution in [0.15, 0.2) is 94.8 Å². The number of aryl methyl sites for hydroxylation is 1. The average Bonchev–Trinajstić information content (AvgIpc) is 2.93. The minimum absolute atomic E-state index is 0.0192. The summed E-state index contributed by atoms with van der Waals surface area (Å²) >= 11 is 1.62. The van der Waals surface area contributed by atoms with Gasteiger partial charge in [0.2, 0.25) is 0 Å². The highest BCUT2D eigenvalue weighted by Gasteiger charge is 2.18. The van der Waals surface area contributed by atoms with Crippen molar-refractivity contribution in [2.24, 2.45) is 11.6 Å². The fraction of sp³-hybridized carbons (Fsp3) is 0.303. The third kappa shape index (κ3) is 7.29. The van der Waals surface area contributed by atoms with Crippen molar-refractivity contribution in [2.75, 3.05) is 28.5 Å². The maximum Gasteiger partial charge on any atom is 0.255 e. The normalized spacial score (nSPS) is 12.6. The number of amides is 1. The van der Waals surface area contributed by atoms with Crippen molar-refractivity contribution in [3.8, 4) is 0 Å². The molecule has 212 valence electrons. The van der Waals surface area contributed by atoms with Gasteiger partial charge >= 0.3 is 0 Å². The number of para-hydroxylation sites is 1. The molecule has 40 heavy (non-hydrogen) atoms. The van der Waals surface area contributed by atoms with E-state index in [1.54, 1.807) is 16.8 Å². The number of hydrogen-bond donors (Lipinski definition) is 3. The van der Waals surface area contributed by atoms with Gasteiger partial charge in [0, 0.05) is 35.1 Å². The van der Waals surface area contributed by atoms with Crippen LogP contribution in [0.4, 0.5) is 17.1 Å². The van der Waals surface area contributed by atoms with Gasteiger partial charge in [0.25, 0.3) is 5.91 Å². The highest BCUT2D eigenvalue weighted by atomic mass is 32.2. The van der Waals surface area contributed by atoms with Gasteiger partial charge in [-0.15, -0.1) is 11.8 Å². The lowest BCUT2D eigenvalue weighted by molar-refractivity contribution is 0.102. The van der Waals surface area contributed by atoms with E-state index in [-0.39, 0.29) is 11.3 Å². The highest BCUT2D eigenvalue weighted by Crippen LogP contribution is 2.32. The second-order valence-electron chi connectivity index (χ2n) is 10.9. The van der Waals surface area contributed by atoms with E-state index >= 15 is 0 Å². The standard InChI is InChI=1S/C33H43N5OS/c1-9-29(38(35)26-13-11-10-12-14-26)23(3)27(34)21-37(7)30-19-24(16-15-22(30)2)32(39)36-28-20-25(33(4,5)6)17-18-31(28)40-8/h10-21H,9,34-35H2,1-8H3,(H,36,39)/b27-21-,29-23+. The molecule has 0 aliphatic carbocycles.